The second kappa shape index (κ2) is 5.45. The normalized spacial score (nSPS) is 10.4. The number of nitrogens with zero attached hydrogens (tertiary/aromatic N) is 1. The molecule has 0 fully saturated rings. The van der Waals surface area contributed by atoms with Gasteiger partial charge in [-0.2, -0.15) is 0 Å². The molecule has 0 heterocycles. The molecule has 2 nitrogen and oxygen atoms in total. The molecule has 0 amide bonds. The molecule has 0 aliphatic heterocycles. The first-order valence-electron chi connectivity index (χ1n) is 5.69. The van der Waals surface area contributed by atoms with Gasteiger partial charge in [-0.3, -0.25) is 0 Å². The zero-order valence-electron chi connectivity index (χ0n) is 10.5. The molecule has 0 bridgehead atoms. The molecule has 0 radical (unpaired) electrons. The van der Waals surface area contributed by atoms with Crippen LogP contribution in [0.2, 0.25) is 5.02 Å². The van der Waals surface area contributed by atoms with Gasteiger partial charge in [0.25, 0.3) is 0 Å². The van der Waals surface area contributed by atoms with E-state index in [1.54, 1.807) is 31.1 Å². The van der Waals surface area contributed by atoms with Crippen molar-refractivity contribution < 1.29 is 8.78 Å². The van der Waals surface area contributed by atoms with Crippen molar-refractivity contribution in [1.82, 2.24) is 0 Å². The molecular formula is C14H13ClF2N2. The lowest BCUT2D eigenvalue weighted by Crippen LogP contribution is -2.12. The molecule has 0 aromatic heterocycles. The first kappa shape index (κ1) is 13.6. The third-order valence-corrected chi connectivity index (χ3v) is 3.16. The van der Waals surface area contributed by atoms with Crippen LogP contribution >= 0.6 is 11.6 Å². The molecule has 19 heavy (non-hydrogen) atoms. The lowest BCUT2D eigenvalue weighted by atomic mass is 10.2. The summed E-state index contributed by atoms with van der Waals surface area (Å²) in [7, 11) is 3.49. The van der Waals surface area contributed by atoms with Crippen molar-refractivity contribution in [2.75, 3.05) is 24.3 Å². The van der Waals surface area contributed by atoms with Gasteiger partial charge in [-0.05, 0) is 36.4 Å². The largest absolute Gasteiger partial charge is 0.386 e. The standard InChI is InChI=1S/C14H13ClF2N2/c1-18-12-5-3-10(17)8-14(12)19(2)13-6-4-9(16)7-11(13)15/h3-8,18H,1-2H3. The number of anilines is 3. The Morgan fingerprint density at radius 3 is 2.26 bits per heavy atom. The molecule has 0 unspecified atom stereocenters. The molecule has 0 aliphatic rings. The van der Waals surface area contributed by atoms with Crippen LogP contribution in [-0.4, -0.2) is 14.1 Å². The Labute approximate surface area is 115 Å². The van der Waals surface area contributed by atoms with E-state index < -0.39 is 5.82 Å². The number of rotatable bonds is 3. The van der Waals surface area contributed by atoms with Gasteiger partial charge in [0, 0.05) is 14.1 Å². The maximum absolute atomic E-state index is 13.4. The fourth-order valence-corrected chi connectivity index (χ4v) is 2.17. The van der Waals surface area contributed by atoms with Gasteiger partial charge in [-0.15, -0.1) is 0 Å². The number of benzene rings is 2. The van der Waals surface area contributed by atoms with E-state index in [-0.39, 0.29) is 10.8 Å². The Balaban J connectivity index is 2.49. The molecule has 100 valence electrons. The van der Waals surface area contributed by atoms with Crippen LogP contribution in [0, 0.1) is 11.6 Å². The molecule has 0 saturated carbocycles. The summed E-state index contributed by atoms with van der Waals surface area (Å²) >= 11 is 6.01. The van der Waals surface area contributed by atoms with E-state index in [9.17, 15) is 8.78 Å². The molecule has 0 spiro atoms. The first-order valence-corrected chi connectivity index (χ1v) is 6.07. The zero-order valence-corrected chi connectivity index (χ0v) is 11.3. The first-order chi connectivity index (χ1) is 9.02. The van der Waals surface area contributed by atoms with Crippen molar-refractivity contribution >= 4 is 28.7 Å². The highest BCUT2D eigenvalue weighted by molar-refractivity contribution is 6.33. The average Bonchev–Trinajstić information content (AvgIpc) is 2.38. The van der Waals surface area contributed by atoms with Crippen molar-refractivity contribution in [1.29, 1.82) is 0 Å². The van der Waals surface area contributed by atoms with Crippen molar-refractivity contribution in [3.8, 4) is 0 Å². The van der Waals surface area contributed by atoms with E-state index in [0.29, 0.717) is 11.4 Å². The van der Waals surface area contributed by atoms with Gasteiger partial charge in [0.1, 0.15) is 11.6 Å². The predicted octanol–water partition coefficient (Wildman–Crippen LogP) is 4.43. The van der Waals surface area contributed by atoms with E-state index >= 15 is 0 Å². The molecule has 0 saturated heterocycles. The molecule has 2 aromatic carbocycles. The zero-order chi connectivity index (χ0) is 14.0. The van der Waals surface area contributed by atoms with E-state index in [2.05, 4.69) is 5.32 Å². The molecular weight excluding hydrogens is 270 g/mol. The van der Waals surface area contributed by atoms with Crippen LogP contribution in [0.25, 0.3) is 0 Å². The van der Waals surface area contributed by atoms with Gasteiger partial charge in [0.05, 0.1) is 22.1 Å². The maximum atomic E-state index is 13.4. The molecule has 2 aromatic rings. The second-order valence-electron chi connectivity index (χ2n) is 4.07. The Morgan fingerprint density at radius 1 is 1.00 bits per heavy atom. The molecule has 0 aliphatic carbocycles. The summed E-state index contributed by atoms with van der Waals surface area (Å²) in [5.74, 6) is -0.755. The fourth-order valence-electron chi connectivity index (χ4n) is 1.88. The summed E-state index contributed by atoms with van der Waals surface area (Å²) in [6, 6.07) is 8.50. The lowest BCUT2D eigenvalue weighted by molar-refractivity contribution is 0.626. The van der Waals surface area contributed by atoms with Gasteiger partial charge < -0.3 is 10.2 Å². The van der Waals surface area contributed by atoms with Gasteiger partial charge in [0.2, 0.25) is 0 Å². The van der Waals surface area contributed by atoms with Crippen molar-refractivity contribution in [3.63, 3.8) is 0 Å². The van der Waals surface area contributed by atoms with Crippen LogP contribution in [0.3, 0.4) is 0 Å². The molecule has 5 heteroatoms. The van der Waals surface area contributed by atoms with E-state index in [4.69, 9.17) is 11.6 Å². The number of hydrogen-bond donors (Lipinski definition) is 1. The van der Waals surface area contributed by atoms with Crippen LogP contribution in [0.4, 0.5) is 25.8 Å². The fraction of sp³-hybridized carbons (Fsp3) is 0.143. The van der Waals surface area contributed by atoms with E-state index in [1.807, 2.05) is 0 Å². The Hall–Kier alpha value is -1.81. The Bertz CT molecular complexity index is 602. The Kier molecular flexibility index (Phi) is 3.90. The van der Waals surface area contributed by atoms with Crippen LogP contribution in [-0.2, 0) is 0 Å². The molecule has 1 N–H and O–H groups in total. The highest BCUT2D eigenvalue weighted by atomic mass is 35.5. The predicted molar refractivity (Wildman–Crippen MR) is 75.4 cm³/mol. The second-order valence-corrected chi connectivity index (χ2v) is 4.47. The highest BCUT2D eigenvalue weighted by Gasteiger charge is 2.13. The SMILES string of the molecule is CNc1ccc(F)cc1N(C)c1ccc(F)cc1Cl. The van der Waals surface area contributed by atoms with Crippen LogP contribution in [0.15, 0.2) is 36.4 Å². The summed E-state index contributed by atoms with van der Waals surface area (Å²) in [5, 5.41) is 3.25. The van der Waals surface area contributed by atoms with Gasteiger partial charge in [-0.1, -0.05) is 11.6 Å². The van der Waals surface area contributed by atoms with Gasteiger partial charge in [0.15, 0.2) is 0 Å². The summed E-state index contributed by atoms with van der Waals surface area (Å²) < 4.78 is 26.4. The quantitative estimate of drug-likeness (QED) is 0.896. The van der Waals surface area contributed by atoms with Crippen LogP contribution < -0.4 is 10.2 Å². The van der Waals surface area contributed by atoms with Crippen molar-refractivity contribution in [2.45, 2.75) is 0 Å². The maximum Gasteiger partial charge on any atom is 0.125 e. The summed E-state index contributed by atoms with van der Waals surface area (Å²) in [5.41, 5.74) is 1.98. The van der Waals surface area contributed by atoms with Crippen molar-refractivity contribution in [2.24, 2.45) is 0 Å². The van der Waals surface area contributed by atoms with E-state index in [1.165, 1.54) is 24.3 Å². The van der Waals surface area contributed by atoms with Crippen LogP contribution in [0.5, 0.6) is 0 Å². The van der Waals surface area contributed by atoms with E-state index in [0.717, 1.165) is 5.69 Å². The summed E-state index contributed by atoms with van der Waals surface area (Å²) in [6.45, 7) is 0. The minimum absolute atomic E-state index is 0.272. The van der Waals surface area contributed by atoms with Crippen molar-refractivity contribution in [3.05, 3.63) is 53.1 Å². The third-order valence-electron chi connectivity index (χ3n) is 2.86. The average molecular weight is 283 g/mol. The summed E-state index contributed by atoms with van der Waals surface area (Å²) in [6.07, 6.45) is 0. The minimum atomic E-state index is -0.407. The van der Waals surface area contributed by atoms with Gasteiger partial charge >= 0.3 is 0 Å². The number of nitrogens with one attached hydrogen (secondary N) is 1. The Morgan fingerprint density at radius 2 is 1.63 bits per heavy atom. The van der Waals surface area contributed by atoms with Crippen LogP contribution in [0.1, 0.15) is 0 Å². The topological polar surface area (TPSA) is 15.3 Å². The monoisotopic (exact) mass is 282 g/mol. The summed E-state index contributed by atoms with van der Waals surface area (Å²) in [4.78, 5) is 1.71. The smallest absolute Gasteiger partial charge is 0.125 e. The number of hydrogen-bond acceptors (Lipinski definition) is 2. The highest BCUT2D eigenvalue weighted by Crippen LogP contribution is 2.35. The molecule has 0 atom stereocenters. The number of halogens is 3. The lowest BCUT2D eigenvalue weighted by Gasteiger charge is -2.23. The molecule has 2 rings (SSSR count). The minimum Gasteiger partial charge on any atom is -0.386 e. The van der Waals surface area contributed by atoms with Gasteiger partial charge in [-0.25, -0.2) is 8.78 Å². The third kappa shape index (κ3) is 2.79.